The fourth-order valence-corrected chi connectivity index (χ4v) is 1.79. The fraction of sp³-hybridized carbons (Fsp3) is 0.462. The van der Waals surface area contributed by atoms with Crippen LogP contribution >= 0.6 is 0 Å². The van der Waals surface area contributed by atoms with Gasteiger partial charge in [0.05, 0.1) is 6.26 Å². The number of ether oxygens (including phenoxy) is 1. The number of rotatable bonds is 4. The Balaban J connectivity index is 1.79. The van der Waals surface area contributed by atoms with Crippen LogP contribution in [0.25, 0.3) is 0 Å². The van der Waals surface area contributed by atoms with Gasteiger partial charge in [-0.05, 0) is 37.5 Å². The van der Waals surface area contributed by atoms with Gasteiger partial charge in [0, 0.05) is 25.0 Å². The lowest BCUT2D eigenvalue weighted by molar-refractivity contribution is 0.120. The normalized spacial score (nSPS) is 21.4. The maximum Gasteiger partial charge on any atom is 0.110 e. The predicted octanol–water partition coefficient (Wildman–Crippen LogP) is 2.42. The third-order valence-electron chi connectivity index (χ3n) is 2.86. The van der Waals surface area contributed by atoms with Crippen LogP contribution < -0.4 is 5.32 Å². The Hall–Kier alpha value is -1.35. The molecular weight excluding hydrogens is 200 g/mol. The quantitative estimate of drug-likeness (QED) is 0.842. The van der Waals surface area contributed by atoms with Crippen LogP contribution in [-0.2, 0) is 4.74 Å². The molecule has 0 aromatic carbocycles. The van der Waals surface area contributed by atoms with Crippen LogP contribution in [0.5, 0.6) is 0 Å². The predicted molar refractivity (Wildman–Crippen MR) is 63.9 cm³/mol. The molecule has 0 aliphatic carbocycles. The molecule has 1 aromatic rings. The summed E-state index contributed by atoms with van der Waals surface area (Å²) in [6, 6.07) is 4.38. The average molecular weight is 218 g/mol. The first-order valence-electron chi connectivity index (χ1n) is 5.80. The highest BCUT2D eigenvalue weighted by Crippen LogP contribution is 2.13. The Morgan fingerprint density at radius 2 is 2.56 bits per heavy atom. The van der Waals surface area contributed by atoms with Crippen molar-refractivity contribution < 1.29 is 4.74 Å². The van der Waals surface area contributed by atoms with Crippen LogP contribution in [0, 0.1) is 0 Å². The number of nitrogens with zero attached hydrogens (tertiary/aromatic N) is 1. The molecular formula is C13H18N2O. The van der Waals surface area contributed by atoms with E-state index in [1.807, 2.05) is 18.5 Å². The van der Waals surface area contributed by atoms with Gasteiger partial charge in [-0.3, -0.25) is 4.98 Å². The van der Waals surface area contributed by atoms with E-state index in [9.17, 15) is 0 Å². The van der Waals surface area contributed by atoms with Crippen LogP contribution in [0.1, 0.15) is 31.4 Å². The number of nitrogens with one attached hydrogen (secondary N) is 1. The molecule has 86 valence electrons. The second-order valence-electron chi connectivity index (χ2n) is 4.12. The third-order valence-corrected chi connectivity index (χ3v) is 2.86. The zero-order chi connectivity index (χ0) is 11.2. The van der Waals surface area contributed by atoms with Crippen molar-refractivity contribution in [3.8, 4) is 0 Å². The SMILES string of the molecule is CC(NCC1CCC=CO1)c1cccnc1. The highest BCUT2D eigenvalue weighted by molar-refractivity contribution is 5.12. The minimum Gasteiger partial charge on any atom is -0.497 e. The van der Waals surface area contributed by atoms with Gasteiger partial charge < -0.3 is 10.1 Å². The number of hydrogen-bond donors (Lipinski definition) is 1. The molecule has 1 N–H and O–H groups in total. The minimum atomic E-state index is 0.309. The zero-order valence-electron chi connectivity index (χ0n) is 9.60. The lowest BCUT2D eigenvalue weighted by atomic mass is 10.1. The molecule has 1 aliphatic heterocycles. The number of pyridine rings is 1. The van der Waals surface area contributed by atoms with Gasteiger partial charge in [-0.15, -0.1) is 0 Å². The number of hydrogen-bond acceptors (Lipinski definition) is 3. The summed E-state index contributed by atoms with van der Waals surface area (Å²) < 4.78 is 5.51. The maximum atomic E-state index is 5.51. The van der Waals surface area contributed by atoms with Crippen LogP contribution in [0.3, 0.4) is 0 Å². The van der Waals surface area contributed by atoms with E-state index in [0.717, 1.165) is 19.4 Å². The molecule has 2 heterocycles. The summed E-state index contributed by atoms with van der Waals surface area (Å²) in [5.41, 5.74) is 1.22. The Morgan fingerprint density at radius 1 is 1.62 bits per heavy atom. The molecule has 0 saturated carbocycles. The van der Waals surface area contributed by atoms with Crippen LogP contribution in [0.2, 0.25) is 0 Å². The summed E-state index contributed by atoms with van der Waals surface area (Å²) in [4.78, 5) is 4.12. The van der Waals surface area contributed by atoms with Gasteiger partial charge >= 0.3 is 0 Å². The standard InChI is InChI=1S/C13H18N2O/c1-11(12-5-4-7-14-9-12)15-10-13-6-2-3-8-16-13/h3-5,7-9,11,13,15H,2,6,10H2,1H3. The van der Waals surface area contributed by atoms with Crippen molar-refractivity contribution >= 4 is 0 Å². The van der Waals surface area contributed by atoms with Gasteiger partial charge in [0.2, 0.25) is 0 Å². The molecule has 0 bridgehead atoms. The van der Waals surface area contributed by atoms with E-state index in [-0.39, 0.29) is 0 Å². The molecule has 2 rings (SSSR count). The van der Waals surface area contributed by atoms with E-state index in [4.69, 9.17) is 4.74 Å². The molecule has 3 nitrogen and oxygen atoms in total. The first-order valence-corrected chi connectivity index (χ1v) is 5.80. The highest BCUT2D eigenvalue weighted by atomic mass is 16.5. The van der Waals surface area contributed by atoms with Crippen molar-refractivity contribution in [2.45, 2.75) is 31.9 Å². The first-order chi connectivity index (χ1) is 7.86. The Morgan fingerprint density at radius 3 is 3.25 bits per heavy atom. The molecule has 0 spiro atoms. The molecule has 0 radical (unpaired) electrons. The smallest absolute Gasteiger partial charge is 0.110 e. The minimum absolute atomic E-state index is 0.309. The van der Waals surface area contributed by atoms with Gasteiger partial charge in [0.1, 0.15) is 6.10 Å². The van der Waals surface area contributed by atoms with E-state index in [2.05, 4.69) is 29.4 Å². The van der Waals surface area contributed by atoms with E-state index in [0.29, 0.717) is 12.1 Å². The maximum absolute atomic E-state index is 5.51. The average Bonchev–Trinajstić information content (AvgIpc) is 2.38. The summed E-state index contributed by atoms with van der Waals surface area (Å²) in [6.07, 6.45) is 10.1. The van der Waals surface area contributed by atoms with Crippen molar-refractivity contribution in [3.05, 3.63) is 42.4 Å². The summed E-state index contributed by atoms with van der Waals surface area (Å²) in [5.74, 6) is 0. The van der Waals surface area contributed by atoms with E-state index in [1.54, 1.807) is 6.20 Å². The van der Waals surface area contributed by atoms with Crippen molar-refractivity contribution in [1.29, 1.82) is 0 Å². The molecule has 0 amide bonds. The number of allylic oxidation sites excluding steroid dienone is 1. The third kappa shape index (κ3) is 3.07. The largest absolute Gasteiger partial charge is 0.497 e. The first kappa shape index (κ1) is 11.1. The van der Waals surface area contributed by atoms with E-state index < -0.39 is 0 Å². The Kier molecular flexibility index (Phi) is 3.94. The molecule has 2 atom stereocenters. The summed E-state index contributed by atoms with van der Waals surface area (Å²) in [7, 11) is 0. The van der Waals surface area contributed by atoms with Crippen molar-refractivity contribution in [1.82, 2.24) is 10.3 Å². The van der Waals surface area contributed by atoms with Gasteiger partial charge in [-0.1, -0.05) is 6.07 Å². The molecule has 0 saturated heterocycles. The van der Waals surface area contributed by atoms with Gasteiger partial charge in [-0.2, -0.15) is 0 Å². The summed E-state index contributed by atoms with van der Waals surface area (Å²) in [6.45, 7) is 3.04. The summed E-state index contributed by atoms with van der Waals surface area (Å²) in [5, 5.41) is 3.47. The van der Waals surface area contributed by atoms with E-state index in [1.165, 1.54) is 5.56 Å². The zero-order valence-corrected chi connectivity index (χ0v) is 9.60. The topological polar surface area (TPSA) is 34.1 Å². The molecule has 1 aliphatic rings. The molecule has 16 heavy (non-hydrogen) atoms. The van der Waals surface area contributed by atoms with Gasteiger partial charge in [0.25, 0.3) is 0 Å². The summed E-state index contributed by atoms with van der Waals surface area (Å²) >= 11 is 0. The monoisotopic (exact) mass is 218 g/mol. The van der Waals surface area contributed by atoms with Crippen LogP contribution in [-0.4, -0.2) is 17.6 Å². The molecule has 0 fully saturated rings. The van der Waals surface area contributed by atoms with Crippen LogP contribution in [0.4, 0.5) is 0 Å². The van der Waals surface area contributed by atoms with Crippen molar-refractivity contribution in [2.75, 3.05) is 6.54 Å². The second kappa shape index (κ2) is 5.66. The lowest BCUT2D eigenvalue weighted by Gasteiger charge is -2.22. The Bertz CT molecular complexity index is 337. The highest BCUT2D eigenvalue weighted by Gasteiger charge is 2.12. The van der Waals surface area contributed by atoms with Gasteiger partial charge in [0.15, 0.2) is 0 Å². The van der Waals surface area contributed by atoms with Crippen molar-refractivity contribution in [2.24, 2.45) is 0 Å². The van der Waals surface area contributed by atoms with Crippen LogP contribution in [0.15, 0.2) is 36.9 Å². The second-order valence-corrected chi connectivity index (χ2v) is 4.12. The van der Waals surface area contributed by atoms with E-state index >= 15 is 0 Å². The lowest BCUT2D eigenvalue weighted by Crippen LogP contribution is -2.31. The molecule has 2 unspecified atom stereocenters. The molecule has 3 heteroatoms. The Labute approximate surface area is 96.5 Å². The van der Waals surface area contributed by atoms with Crippen molar-refractivity contribution in [3.63, 3.8) is 0 Å². The fourth-order valence-electron chi connectivity index (χ4n) is 1.79. The molecule has 1 aromatic heterocycles. The van der Waals surface area contributed by atoms with Gasteiger partial charge in [-0.25, -0.2) is 0 Å². The number of aromatic nitrogens is 1.